The smallest absolute Gasteiger partial charge is 0.179 e. The third kappa shape index (κ3) is 3.42. The lowest BCUT2D eigenvalue weighted by molar-refractivity contribution is 0.0935. The Morgan fingerprint density at radius 2 is 2.07 bits per heavy atom. The van der Waals surface area contributed by atoms with Gasteiger partial charge in [0.05, 0.1) is 6.04 Å². The lowest BCUT2D eigenvalue weighted by Crippen LogP contribution is -2.31. The van der Waals surface area contributed by atoms with Gasteiger partial charge in [-0.2, -0.15) is 0 Å². The van der Waals surface area contributed by atoms with Crippen LogP contribution in [-0.4, -0.2) is 25.5 Å². The van der Waals surface area contributed by atoms with Gasteiger partial charge in [-0.15, -0.1) is 0 Å². The molecule has 0 radical (unpaired) electrons. The maximum atomic E-state index is 12.6. The summed E-state index contributed by atoms with van der Waals surface area (Å²) in [7, 11) is 1.55. The first-order valence-corrected chi connectivity index (χ1v) is 4.69. The summed E-state index contributed by atoms with van der Waals surface area (Å²) in [5, 5.41) is 0. The number of rotatable bonds is 5. The molecule has 0 amide bonds. The van der Waals surface area contributed by atoms with Crippen LogP contribution in [-0.2, 0) is 4.74 Å². The number of ether oxygens (including phenoxy) is 1. The van der Waals surface area contributed by atoms with Crippen LogP contribution in [0, 0.1) is 5.82 Å². The van der Waals surface area contributed by atoms with Crippen LogP contribution in [0.2, 0.25) is 0 Å². The molecule has 4 heteroatoms. The van der Waals surface area contributed by atoms with E-state index in [0.717, 1.165) is 0 Å². The highest BCUT2D eigenvalue weighted by Crippen LogP contribution is 2.06. The number of hydrogen-bond donors (Lipinski definition) is 1. The van der Waals surface area contributed by atoms with Crippen molar-refractivity contribution in [1.29, 1.82) is 0 Å². The van der Waals surface area contributed by atoms with Crippen LogP contribution in [0.1, 0.15) is 16.8 Å². The van der Waals surface area contributed by atoms with Gasteiger partial charge in [-0.1, -0.05) is 0 Å². The highest BCUT2D eigenvalue weighted by molar-refractivity contribution is 5.99. The lowest BCUT2D eigenvalue weighted by atomic mass is 10.0. The number of hydrogen-bond acceptors (Lipinski definition) is 3. The second-order valence-corrected chi connectivity index (χ2v) is 3.26. The molecule has 1 rings (SSSR count). The van der Waals surface area contributed by atoms with Crippen molar-refractivity contribution in [2.75, 3.05) is 13.7 Å². The van der Waals surface area contributed by atoms with Crippen molar-refractivity contribution < 1.29 is 13.9 Å². The van der Waals surface area contributed by atoms with Crippen LogP contribution in [0.5, 0.6) is 0 Å². The molecule has 2 N–H and O–H groups in total. The van der Waals surface area contributed by atoms with Crippen molar-refractivity contribution in [3.63, 3.8) is 0 Å². The van der Waals surface area contributed by atoms with E-state index in [1.165, 1.54) is 24.3 Å². The first kappa shape index (κ1) is 11.8. The number of halogens is 1. The Balaban J connectivity index is 2.63. The minimum Gasteiger partial charge on any atom is -0.385 e. The Hall–Kier alpha value is -1.26. The van der Waals surface area contributed by atoms with E-state index in [9.17, 15) is 9.18 Å². The van der Waals surface area contributed by atoms with E-state index in [1.807, 2.05) is 0 Å². The van der Waals surface area contributed by atoms with E-state index in [4.69, 9.17) is 10.5 Å². The average molecular weight is 211 g/mol. The van der Waals surface area contributed by atoms with E-state index in [-0.39, 0.29) is 11.6 Å². The number of methoxy groups -OCH3 is 1. The number of Topliss-reactive ketones (excluding diaryl/α,β-unsaturated/α-hetero) is 1. The zero-order valence-electron chi connectivity index (χ0n) is 8.57. The maximum Gasteiger partial charge on any atom is 0.179 e. The maximum absolute atomic E-state index is 12.6. The third-order valence-corrected chi connectivity index (χ3v) is 2.10. The summed E-state index contributed by atoms with van der Waals surface area (Å²) in [5.74, 6) is -0.552. The molecule has 0 saturated heterocycles. The van der Waals surface area contributed by atoms with E-state index in [2.05, 4.69) is 0 Å². The number of benzene rings is 1. The summed E-state index contributed by atoms with van der Waals surface area (Å²) in [4.78, 5) is 11.7. The van der Waals surface area contributed by atoms with Crippen molar-refractivity contribution >= 4 is 5.78 Å². The van der Waals surface area contributed by atoms with Gasteiger partial charge in [-0.25, -0.2) is 4.39 Å². The van der Waals surface area contributed by atoms with Gasteiger partial charge in [-0.3, -0.25) is 4.79 Å². The highest BCUT2D eigenvalue weighted by Gasteiger charge is 2.14. The number of carbonyl (C=O) groups excluding carboxylic acids is 1. The Kier molecular flexibility index (Phi) is 4.39. The highest BCUT2D eigenvalue weighted by atomic mass is 19.1. The summed E-state index contributed by atoms with van der Waals surface area (Å²) in [6, 6.07) is 4.77. The molecule has 82 valence electrons. The molecule has 0 aliphatic heterocycles. The topological polar surface area (TPSA) is 52.3 Å². The molecule has 0 spiro atoms. The van der Waals surface area contributed by atoms with E-state index < -0.39 is 6.04 Å². The quantitative estimate of drug-likeness (QED) is 0.748. The minimum atomic E-state index is -0.588. The predicted octanol–water partition coefficient (Wildman–Crippen LogP) is 1.37. The summed E-state index contributed by atoms with van der Waals surface area (Å²) >= 11 is 0. The van der Waals surface area contributed by atoms with Crippen LogP contribution in [0.3, 0.4) is 0 Å². The molecule has 0 aliphatic rings. The molecular weight excluding hydrogens is 197 g/mol. The fourth-order valence-electron chi connectivity index (χ4n) is 1.20. The van der Waals surface area contributed by atoms with Gasteiger partial charge in [0.15, 0.2) is 5.78 Å². The number of carbonyl (C=O) groups is 1. The monoisotopic (exact) mass is 211 g/mol. The van der Waals surface area contributed by atoms with Crippen molar-refractivity contribution in [1.82, 2.24) is 0 Å². The molecule has 15 heavy (non-hydrogen) atoms. The fraction of sp³-hybridized carbons (Fsp3) is 0.364. The van der Waals surface area contributed by atoms with Gasteiger partial charge in [0.2, 0.25) is 0 Å². The van der Waals surface area contributed by atoms with E-state index in [0.29, 0.717) is 18.6 Å². The van der Waals surface area contributed by atoms with Crippen LogP contribution in [0.15, 0.2) is 24.3 Å². The molecule has 1 aromatic carbocycles. The van der Waals surface area contributed by atoms with Crippen molar-refractivity contribution in [2.45, 2.75) is 12.5 Å². The zero-order chi connectivity index (χ0) is 11.3. The zero-order valence-corrected chi connectivity index (χ0v) is 8.57. The summed E-state index contributed by atoms with van der Waals surface area (Å²) < 4.78 is 17.4. The molecule has 0 aromatic heterocycles. The SMILES string of the molecule is COCCC(N)C(=O)c1ccc(F)cc1. The Labute approximate surface area is 88.0 Å². The molecular formula is C11H14FNO2. The van der Waals surface area contributed by atoms with E-state index >= 15 is 0 Å². The van der Waals surface area contributed by atoms with Crippen molar-refractivity contribution in [3.05, 3.63) is 35.6 Å². The normalized spacial score (nSPS) is 12.5. The standard InChI is InChI=1S/C11H14FNO2/c1-15-7-6-10(13)11(14)8-2-4-9(12)5-3-8/h2-5,10H,6-7,13H2,1H3. The summed E-state index contributed by atoms with van der Waals surface area (Å²) in [6.45, 7) is 0.439. The number of ketones is 1. The van der Waals surface area contributed by atoms with Crippen LogP contribution in [0.4, 0.5) is 4.39 Å². The molecule has 1 atom stereocenters. The van der Waals surface area contributed by atoms with Gasteiger partial charge < -0.3 is 10.5 Å². The summed E-state index contributed by atoms with van der Waals surface area (Å²) in [5.41, 5.74) is 6.08. The molecule has 3 nitrogen and oxygen atoms in total. The molecule has 1 unspecified atom stereocenters. The Morgan fingerprint density at radius 3 is 2.60 bits per heavy atom. The predicted molar refractivity (Wildman–Crippen MR) is 55.2 cm³/mol. The molecule has 0 bridgehead atoms. The van der Waals surface area contributed by atoms with Gasteiger partial charge in [0.1, 0.15) is 5.82 Å². The van der Waals surface area contributed by atoms with Gasteiger partial charge >= 0.3 is 0 Å². The second-order valence-electron chi connectivity index (χ2n) is 3.26. The molecule has 0 saturated carbocycles. The minimum absolute atomic E-state index is 0.188. The number of nitrogens with two attached hydrogens (primary N) is 1. The third-order valence-electron chi connectivity index (χ3n) is 2.10. The van der Waals surface area contributed by atoms with Gasteiger partial charge in [0, 0.05) is 19.3 Å². The van der Waals surface area contributed by atoms with Crippen LogP contribution < -0.4 is 5.73 Å². The first-order valence-electron chi connectivity index (χ1n) is 4.69. The second kappa shape index (κ2) is 5.58. The molecule has 1 aromatic rings. The van der Waals surface area contributed by atoms with Gasteiger partial charge in [0.25, 0.3) is 0 Å². The first-order chi connectivity index (χ1) is 7.15. The van der Waals surface area contributed by atoms with Crippen LogP contribution >= 0.6 is 0 Å². The van der Waals surface area contributed by atoms with Crippen LogP contribution in [0.25, 0.3) is 0 Å². The molecule has 0 aliphatic carbocycles. The largest absolute Gasteiger partial charge is 0.385 e. The molecule has 0 fully saturated rings. The Morgan fingerprint density at radius 1 is 1.47 bits per heavy atom. The van der Waals surface area contributed by atoms with E-state index in [1.54, 1.807) is 7.11 Å². The van der Waals surface area contributed by atoms with Crippen molar-refractivity contribution in [2.24, 2.45) is 5.73 Å². The van der Waals surface area contributed by atoms with Gasteiger partial charge in [-0.05, 0) is 30.7 Å². The summed E-state index contributed by atoms with van der Waals surface area (Å²) in [6.07, 6.45) is 0.465. The lowest BCUT2D eigenvalue weighted by Gasteiger charge is -2.09. The molecule has 0 heterocycles. The van der Waals surface area contributed by atoms with Crippen molar-refractivity contribution in [3.8, 4) is 0 Å². The fourth-order valence-corrected chi connectivity index (χ4v) is 1.20. The average Bonchev–Trinajstić information content (AvgIpc) is 2.26. The Bertz CT molecular complexity index is 324.